The number of aromatic amines is 1. The Morgan fingerprint density at radius 1 is 1.61 bits per heavy atom. The maximum Gasteiger partial charge on any atom is 0.348 e. The Morgan fingerprint density at radius 2 is 2.44 bits per heavy atom. The molecular weight excluding hydrogens is 232 g/mol. The third kappa shape index (κ3) is 2.67. The largest absolute Gasteiger partial charge is 0.366 e. The molecule has 2 heterocycles. The first kappa shape index (κ1) is 12.6. The Morgan fingerprint density at radius 3 is 3.17 bits per heavy atom. The Kier molecular flexibility index (Phi) is 3.93. The first-order valence-corrected chi connectivity index (χ1v) is 6.14. The number of fused-ring (bicyclic) bond motifs is 1. The van der Waals surface area contributed by atoms with Crippen LogP contribution < -0.4 is 16.7 Å². The molecule has 7 nitrogen and oxygen atoms in total. The average molecular weight is 250 g/mol. The molecule has 0 fully saturated rings. The van der Waals surface area contributed by atoms with Crippen molar-refractivity contribution in [2.75, 3.05) is 11.9 Å². The molecule has 0 spiro atoms. The first-order chi connectivity index (χ1) is 8.74. The molecule has 2 rings (SSSR count). The molecule has 0 amide bonds. The first-order valence-electron chi connectivity index (χ1n) is 6.14. The topological polar surface area (TPSA) is 101 Å². The van der Waals surface area contributed by atoms with E-state index >= 15 is 0 Å². The van der Waals surface area contributed by atoms with Crippen molar-refractivity contribution < 1.29 is 0 Å². The van der Waals surface area contributed by atoms with Crippen LogP contribution in [0.1, 0.15) is 26.2 Å². The molecule has 7 heteroatoms. The van der Waals surface area contributed by atoms with Crippen LogP contribution in [0.25, 0.3) is 5.65 Å². The van der Waals surface area contributed by atoms with Crippen molar-refractivity contribution in [1.82, 2.24) is 19.6 Å². The van der Waals surface area contributed by atoms with Crippen LogP contribution in [-0.2, 0) is 0 Å². The summed E-state index contributed by atoms with van der Waals surface area (Å²) in [5, 5.41) is 9.52. The van der Waals surface area contributed by atoms with Gasteiger partial charge in [0.25, 0.3) is 0 Å². The number of nitrogens with one attached hydrogen (secondary N) is 2. The van der Waals surface area contributed by atoms with Crippen LogP contribution in [0.3, 0.4) is 0 Å². The maximum absolute atomic E-state index is 11.3. The van der Waals surface area contributed by atoms with Crippen molar-refractivity contribution in [1.29, 1.82) is 0 Å². The van der Waals surface area contributed by atoms with Crippen LogP contribution in [0, 0.1) is 0 Å². The van der Waals surface area contributed by atoms with Gasteiger partial charge in [-0.1, -0.05) is 19.8 Å². The normalized spacial score (nSPS) is 12.8. The number of nitrogens with two attached hydrogens (primary N) is 1. The van der Waals surface area contributed by atoms with E-state index in [0.717, 1.165) is 19.3 Å². The third-order valence-corrected chi connectivity index (χ3v) is 2.85. The van der Waals surface area contributed by atoms with E-state index in [-0.39, 0.29) is 11.7 Å². The summed E-state index contributed by atoms with van der Waals surface area (Å²) >= 11 is 0. The van der Waals surface area contributed by atoms with Gasteiger partial charge in [0.15, 0.2) is 5.65 Å². The number of anilines is 1. The second-order valence-corrected chi connectivity index (χ2v) is 4.25. The minimum absolute atomic E-state index is 0.200. The minimum Gasteiger partial charge on any atom is -0.366 e. The molecule has 0 aliphatic rings. The van der Waals surface area contributed by atoms with E-state index in [2.05, 4.69) is 27.4 Å². The lowest BCUT2D eigenvalue weighted by Crippen LogP contribution is -2.29. The summed E-state index contributed by atoms with van der Waals surface area (Å²) in [5.74, 6) is 0.688. The van der Waals surface area contributed by atoms with Gasteiger partial charge < -0.3 is 11.1 Å². The van der Waals surface area contributed by atoms with E-state index in [0.29, 0.717) is 18.0 Å². The number of hydrogen-bond acceptors (Lipinski definition) is 5. The zero-order valence-corrected chi connectivity index (χ0v) is 10.4. The van der Waals surface area contributed by atoms with E-state index in [1.165, 1.54) is 10.7 Å². The van der Waals surface area contributed by atoms with Crippen LogP contribution in [0.15, 0.2) is 17.2 Å². The maximum atomic E-state index is 11.3. The molecule has 0 bridgehead atoms. The fourth-order valence-corrected chi connectivity index (χ4v) is 1.80. The van der Waals surface area contributed by atoms with E-state index < -0.39 is 0 Å². The minimum atomic E-state index is -0.287. The summed E-state index contributed by atoms with van der Waals surface area (Å²) < 4.78 is 1.36. The van der Waals surface area contributed by atoms with Crippen molar-refractivity contribution in [3.05, 3.63) is 22.9 Å². The summed E-state index contributed by atoms with van der Waals surface area (Å²) in [4.78, 5) is 15.4. The highest BCUT2D eigenvalue weighted by molar-refractivity contribution is 5.48. The van der Waals surface area contributed by atoms with Crippen molar-refractivity contribution in [3.63, 3.8) is 0 Å². The van der Waals surface area contributed by atoms with Gasteiger partial charge in [-0.25, -0.2) is 19.3 Å². The fraction of sp³-hybridized carbons (Fsp3) is 0.545. The van der Waals surface area contributed by atoms with Crippen LogP contribution in [-0.4, -0.2) is 32.2 Å². The van der Waals surface area contributed by atoms with Gasteiger partial charge >= 0.3 is 5.69 Å². The number of hydrogen-bond donors (Lipinski definition) is 3. The highest BCUT2D eigenvalue weighted by atomic mass is 16.1. The number of H-pyrrole nitrogens is 1. The van der Waals surface area contributed by atoms with E-state index in [1.807, 2.05) is 0 Å². The molecule has 0 radical (unpaired) electrons. The van der Waals surface area contributed by atoms with E-state index in [1.54, 1.807) is 6.07 Å². The van der Waals surface area contributed by atoms with Crippen LogP contribution in [0.2, 0.25) is 0 Å². The van der Waals surface area contributed by atoms with Gasteiger partial charge in [0.1, 0.15) is 12.1 Å². The summed E-state index contributed by atoms with van der Waals surface area (Å²) in [6.07, 6.45) is 4.72. The predicted octanol–water partition coefficient (Wildman–Crippen LogP) is 0.347. The highest BCUT2D eigenvalue weighted by Gasteiger charge is 2.08. The van der Waals surface area contributed by atoms with Crippen molar-refractivity contribution >= 4 is 11.5 Å². The van der Waals surface area contributed by atoms with Gasteiger partial charge in [0.2, 0.25) is 0 Å². The standard InChI is InChI=1S/C11H18N6O/c1-2-3-4-8(6-12)14-9-5-10-15-16-11(18)17(10)7-13-9/h5,7-8,14H,2-4,6,12H2,1H3,(H,16,18). The van der Waals surface area contributed by atoms with Gasteiger partial charge in [0.05, 0.1) is 0 Å². The molecule has 0 saturated carbocycles. The number of nitrogens with zero attached hydrogens (tertiary/aromatic N) is 3. The lowest BCUT2D eigenvalue weighted by molar-refractivity contribution is 0.612. The van der Waals surface area contributed by atoms with Crippen LogP contribution >= 0.6 is 0 Å². The zero-order valence-electron chi connectivity index (χ0n) is 10.4. The molecule has 2 aromatic rings. The number of aromatic nitrogens is 4. The van der Waals surface area contributed by atoms with Gasteiger partial charge in [-0.2, -0.15) is 5.10 Å². The van der Waals surface area contributed by atoms with Gasteiger partial charge in [-0.15, -0.1) is 0 Å². The molecule has 0 aliphatic carbocycles. The molecule has 1 atom stereocenters. The molecule has 2 aromatic heterocycles. The third-order valence-electron chi connectivity index (χ3n) is 2.85. The van der Waals surface area contributed by atoms with Crippen LogP contribution in [0.4, 0.5) is 5.82 Å². The second-order valence-electron chi connectivity index (χ2n) is 4.25. The smallest absolute Gasteiger partial charge is 0.348 e. The molecule has 18 heavy (non-hydrogen) atoms. The predicted molar refractivity (Wildman–Crippen MR) is 69.6 cm³/mol. The fourth-order valence-electron chi connectivity index (χ4n) is 1.80. The average Bonchev–Trinajstić information content (AvgIpc) is 2.76. The summed E-state index contributed by atoms with van der Waals surface area (Å²) in [6, 6.07) is 1.93. The molecule has 1 unspecified atom stereocenters. The quantitative estimate of drug-likeness (QED) is 0.686. The molecule has 0 saturated heterocycles. The number of rotatable bonds is 6. The lowest BCUT2D eigenvalue weighted by Gasteiger charge is -2.16. The summed E-state index contributed by atoms with van der Waals surface area (Å²) in [5.41, 5.74) is 5.97. The van der Waals surface area contributed by atoms with E-state index in [9.17, 15) is 4.79 Å². The lowest BCUT2D eigenvalue weighted by atomic mass is 10.1. The Balaban J connectivity index is 2.13. The number of unbranched alkanes of at least 4 members (excludes halogenated alkanes) is 1. The molecule has 4 N–H and O–H groups in total. The van der Waals surface area contributed by atoms with Gasteiger partial charge in [-0.05, 0) is 6.42 Å². The van der Waals surface area contributed by atoms with Crippen molar-refractivity contribution in [2.45, 2.75) is 32.2 Å². The summed E-state index contributed by atoms with van der Waals surface area (Å²) in [7, 11) is 0. The Labute approximate surface area is 104 Å². The zero-order chi connectivity index (χ0) is 13.0. The Hall–Kier alpha value is -1.89. The molecule has 98 valence electrons. The van der Waals surface area contributed by atoms with E-state index in [4.69, 9.17) is 5.73 Å². The molecule has 0 aliphatic heterocycles. The molecule has 0 aromatic carbocycles. The monoisotopic (exact) mass is 250 g/mol. The highest BCUT2D eigenvalue weighted by Crippen LogP contribution is 2.09. The summed E-state index contributed by atoms with van der Waals surface area (Å²) in [6.45, 7) is 2.70. The SMILES string of the molecule is CCCCC(CN)Nc1cc2n[nH]c(=O)n2cn1. The molecular formula is C11H18N6O. The van der Waals surface area contributed by atoms with Gasteiger partial charge in [-0.3, -0.25) is 0 Å². The Bertz CT molecular complexity index is 560. The van der Waals surface area contributed by atoms with Crippen molar-refractivity contribution in [3.8, 4) is 0 Å². The van der Waals surface area contributed by atoms with Crippen LogP contribution in [0.5, 0.6) is 0 Å². The van der Waals surface area contributed by atoms with Crippen molar-refractivity contribution in [2.24, 2.45) is 5.73 Å². The second kappa shape index (κ2) is 5.63. The van der Waals surface area contributed by atoms with Gasteiger partial charge in [0, 0.05) is 18.7 Å².